The number of amidine groups is 1. The molecule has 0 spiro atoms. The van der Waals surface area contributed by atoms with Crippen molar-refractivity contribution in [1.29, 1.82) is 0 Å². The quantitative estimate of drug-likeness (QED) is 0.393. The minimum Gasteiger partial charge on any atom is -0.409 e. The van der Waals surface area contributed by atoms with Crippen LogP contribution in [0.1, 0.15) is 23.9 Å². The molecule has 6 nitrogen and oxygen atoms in total. The third-order valence-electron chi connectivity index (χ3n) is 2.78. The van der Waals surface area contributed by atoms with Crippen LogP contribution in [-0.2, 0) is 0 Å². The molecule has 0 atom stereocenters. The van der Waals surface area contributed by atoms with E-state index in [0.29, 0.717) is 17.5 Å². The molecule has 0 unspecified atom stereocenters. The second kappa shape index (κ2) is 5.64. The van der Waals surface area contributed by atoms with Crippen molar-refractivity contribution in [3.63, 3.8) is 0 Å². The highest BCUT2D eigenvalue weighted by molar-refractivity contribution is 6.00. The Hall–Kier alpha value is -2.50. The van der Waals surface area contributed by atoms with Crippen molar-refractivity contribution < 1.29 is 5.21 Å². The molecule has 0 aliphatic rings. The van der Waals surface area contributed by atoms with Gasteiger partial charge in [0, 0.05) is 5.69 Å². The zero-order valence-electron chi connectivity index (χ0n) is 12.0. The number of hydrogen-bond acceptors (Lipinski definition) is 5. The predicted octanol–water partition coefficient (Wildman–Crippen LogP) is 2.74. The molecule has 0 fully saturated rings. The van der Waals surface area contributed by atoms with Crippen molar-refractivity contribution in [2.45, 2.75) is 27.7 Å². The Morgan fingerprint density at radius 1 is 1.05 bits per heavy atom. The van der Waals surface area contributed by atoms with Crippen LogP contribution in [0.3, 0.4) is 0 Å². The molecule has 2 aromatic heterocycles. The topological polar surface area (TPSA) is 74.5 Å². The zero-order valence-corrected chi connectivity index (χ0v) is 12.0. The van der Waals surface area contributed by atoms with E-state index in [1.165, 1.54) is 0 Å². The maximum atomic E-state index is 9.09. The zero-order chi connectivity index (χ0) is 14.7. The first-order valence-electron chi connectivity index (χ1n) is 6.24. The number of hydrogen-bond donors (Lipinski definition) is 1. The van der Waals surface area contributed by atoms with Crippen LogP contribution in [0.2, 0.25) is 0 Å². The summed E-state index contributed by atoms with van der Waals surface area (Å²) in [4.78, 5) is 14.7. The molecule has 20 heavy (non-hydrogen) atoms. The molecule has 0 saturated heterocycles. The number of aromatic nitrogens is 3. The molecule has 0 bridgehead atoms. The van der Waals surface area contributed by atoms with Gasteiger partial charge in [-0.15, -0.1) is 0 Å². The van der Waals surface area contributed by atoms with Gasteiger partial charge >= 0.3 is 0 Å². The third kappa shape index (κ3) is 2.90. The Morgan fingerprint density at radius 2 is 1.80 bits per heavy atom. The fourth-order valence-electron chi connectivity index (χ4n) is 1.93. The number of oxime groups is 1. The van der Waals surface area contributed by atoms with Crippen molar-refractivity contribution in [2.75, 3.05) is 4.90 Å². The van der Waals surface area contributed by atoms with Crippen molar-refractivity contribution in [3.8, 4) is 0 Å². The van der Waals surface area contributed by atoms with Crippen LogP contribution in [0.15, 0.2) is 29.7 Å². The van der Waals surface area contributed by atoms with Crippen molar-refractivity contribution in [3.05, 3.63) is 41.5 Å². The highest BCUT2D eigenvalue weighted by Gasteiger charge is 2.17. The van der Waals surface area contributed by atoms with Crippen molar-refractivity contribution in [2.24, 2.45) is 5.16 Å². The Balaban J connectivity index is 2.55. The van der Waals surface area contributed by atoms with E-state index in [2.05, 4.69) is 20.1 Å². The van der Waals surface area contributed by atoms with Gasteiger partial charge in [0.2, 0.25) is 0 Å². The second-order valence-electron chi connectivity index (χ2n) is 4.64. The smallest absolute Gasteiger partial charge is 0.158 e. The lowest BCUT2D eigenvalue weighted by Gasteiger charge is -2.21. The molecule has 2 heterocycles. The number of rotatable bonds is 2. The molecule has 0 aliphatic heterocycles. The summed E-state index contributed by atoms with van der Waals surface area (Å²) < 4.78 is 0. The van der Waals surface area contributed by atoms with E-state index in [4.69, 9.17) is 5.21 Å². The summed E-state index contributed by atoms with van der Waals surface area (Å²) >= 11 is 0. The predicted molar refractivity (Wildman–Crippen MR) is 77.5 cm³/mol. The van der Waals surface area contributed by atoms with Crippen LogP contribution in [-0.4, -0.2) is 26.0 Å². The fraction of sp³-hybridized carbons (Fsp3) is 0.286. The first kappa shape index (κ1) is 13.9. The minimum absolute atomic E-state index is 0.376. The Labute approximate surface area is 117 Å². The van der Waals surface area contributed by atoms with Crippen molar-refractivity contribution >= 4 is 17.5 Å². The average molecular weight is 271 g/mol. The van der Waals surface area contributed by atoms with Crippen molar-refractivity contribution in [1.82, 2.24) is 15.0 Å². The van der Waals surface area contributed by atoms with Gasteiger partial charge in [-0.2, -0.15) is 0 Å². The molecule has 0 radical (unpaired) electrons. The van der Waals surface area contributed by atoms with Gasteiger partial charge < -0.3 is 5.21 Å². The highest BCUT2D eigenvalue weighted by atomic mass is 16.4. The molecule has 0 amide bonds. The van der Waals surface area contributed by atoms with Gasteiger partial charge in [-0.05, 0) is 45.4 Å². The molecular weight excluding hydrogens is 254 g/mol. The number of pyridine rings is 1. The van der Waals surface area contributed by atoms with Crippen LogP contribution in [0.25, 0.3) is 0 Å². The molecule has 0 aromatic carbocycles. The van der Waals surface area contributed by atoms with E-state index in [9.17, 15) is 0 Å². The largest absolute Gasteiger partial charge is 0.409 e. The van der Waals surface area contributed by atoms with Crippen LogP contribution < -0.4 is 4.90 Å². The van der Waals surface area contributed by atoms with Gasteiger partial charge in [0.1, 0.15) is 5.82 Å². The van der Waals surface area contributed by atoms with E-state index in [0.717, 1.165) is 17.0 Å². The summed E-state index contributed by atoms with van der Waals surface area (Å²) in [5.74, 6) is 1.58. The maximum absolute atomic E-state index is 9.09. The number of nitrogens with zero attached hydrogens (tertiary/aromatic N) is 5. The lowest BCUT2D eigenvalue weighted by atomic mass is 10.2. The van der Waals surface area contributed by atoms with Crippen LogP contribution >= 0.6 is 0 Å². The lowest BCUT2D eigenvalue weighted by molar-refractivity contribution is 0.318. The highest BCUT2D eigenvalue weighted by Crippen LogP contribution is 2.23. The van der Waals surface area contributed by atoms with Gasteiger partial charge in [-0.1, -0.05) is 5.16 Å². The van der Waals surface area contributed by atoms with E-state index >= 15 is 0 Å². The summed E-state index contributed by atoms with van der Waals surface area (Å²) in [6.07, 6.45) is 3.29. The third-order valence-corrected chi connectivity index (χ3v) is 2.78. The first-order valence-corrected chi connectivity index (χ1v) is 6.24. The Morgan fingerprint density at radius 3 is 2.35 bits per heavy atom. The summed E-state index contributed by atoms with van der Waals surface area (Å²) in [6.45, 7) is 7.45. The van der Waals surface area contributed by atoms with Gasteiger partial charge in [-0.25, -0.2) is 9.97 Å². The van der Waals surface area contributed by atoms with Gasteiger partial charge in [-0.3, -0.25) is 9.88 Å². The second-order valence-corrected chi connectivity index (χ2v) is 4.64. The molecule has 0 saturated carbocycles. The van der Waals surface area contributed by atoms with E-state index in [1.54, 1.807) is 24.2 Å². The first-order chi connectivity index (χ1) is 9.51. The molecule has 1 N–H and O–H groups in total. The van der Waals surface area contributed by atoms with Gasteiger partial charge in [0.15, 0.2) is 11.7 Å². The summed E-state index contributed by atoms with van der Waals surface area (Å²) in [5.41, 5.74) is 2.78. The normalized spacial score (nSPS) is 11.5. The summed E-state index contributed by atoms with van der Waals surface area (Å²) in [5, 5.41) is 12.3. The molecule has 2 aromatic rings. The van der Waals surface area contributed by atoms with Crippen LogP contribution in [0.4, 0.5) is 11.6 Å². The standard InChI is InChI=1S/C14H17N5O/c1-9-5-10(2)17-13(6-9)19(12(4)18-20)14-8-15-11(3)7-16-14/h5-8,20H,1-4H3. The fourth-order valence-corrected chi connectivity index (χ4v) is 1.93. The monoisotopic (exact) mass is 271 g/mol. The Bertz CT molecular complexity index is 616. The molecule has 104 valence electrons. The maximum Gasteiger partial charge on any atom is 0.158 e. The van der Waals surface area contributed by atoms with Gasteiger partial charge in [0.25, 0.3) is 0 Å². The Kier molecular flexibility index (Phi) is 3.93. The van der Waals surface area contributed by atoms with Crippen LogP contribution in [0.5, 0.6) is 0 Å². The van der Waals surface area contributed by atoms with E-state index in [1.807, 2.05) is 32.9 Å². The molecular formula is C14H17N5O. The SMILES string of the molecule is CC(=NO)N(c1cnc(C)cn1)c1cc(C)cc(C)n1. The van der Waals surface area contributed by atoms with E-state index in [-0.39, 0.29) is 0 Å². The minimum atomic E-state index is 0.376. The summed E-state index contributed by atoms with van der Waals surface area (Å²) in [6, 6.07) is 3.89. The molecule has 0 aliphatic carbocycles. The molecule has 6 heteroatoms. The lowest BCUT2D eigenvalue weighted by Crippen LogP contribution is -2.25. The summed E-state index contributed by atoms with van der Waals surface area (Å²) in [7, 11) is 0. The van der Waals surface area contributed by atoms with Gasteiger partial charge in [0.05, 0.1) is 18.1 Å². The number of aryl methyl sites for hydroxylation is 3. The average Bonchev–Trinajstić information content (AvgIpc) is 2.40. The number of anilines is 2. The van der Waals surface area contributed by atoms with E-state index < -0.39 is 0 Å². The van der Waals surface area contributed by atoms with Crippen LogP contribution in [0, 0.1) is 20.8 Å². The molecule has 2 rings (SSSR count).